The highest BCUT2D eigenvalue weighted by Gasteiger charge is 2.23. The van der Waals surface area contributed by atoms with E-state index in [1.807, 2.05) is 6.07 Å². The van der Waals surface area contributed by atoms with Gasteiger partial charge in [-0.25, -0.2) is 4.68 Å². The first kappa shape index (κ1) is 17.7. The molecule has 1 aromatic heterocycles. The lowest BCUT2D eigenvalue weighted by Gasteiger charge is -2.10. The van der Waals surface area contributed by atoms with E-state index in [9.17, 15) is 13.6 Å². The molecular weight excluding hydrogens is 376 g/mol. The maximum Gasteiger partial charge on any atom is 0.387 e. The maximum absolute atomic E-state index is 12.3. The van der Waals surface area contributed by atoms with E-state index in [4.69, 9.17) is 11.6 Å². The monoisotopic (exact) mass is 391 g/mol. The van der Waals surface area contributed by atoms with Crippen molar-refractivity contribution in [2.24, 2.45) is 0 Å². The summed E-state index contributed by atoms with van der Waals surface area (Å²) in [6.07, 6.45) is 4.25. The molecule has 0 aliphatic heterocycles. The fraction of sp³-hybridized carbons (Fsp3) is 0.263. The predicted octanol–water partition coefficient (Wildman–Crippen LogP) is 4.56. The van der Waals surface area contributed by atoms with Crippen molar-refractivity contribution in [2.45, 2.75) is 32.0 Å². The number of hydrogen-bond donors (Lipinski definition) is 1. The van der Waals surface area contributed by atoms with E-state index < -0.39 is 12.5 Å². The van der Waals surface area contributed by atoms with Crippen molar-refractivity contribution < 1.29 is 18.3 Å². The Morgan fingerprint density at radius 2 is 2.11 bits per heavy atom. The van der Waals surface area contributed by atoms with E-state index in [-0.39, 0.29) is 23.0 Å². The third-order valence-corrected chi connectivity index (χ3v) is 4.81. The van der Waals surface area contributed by atoms with E-state index in [0.717, 1.165) is 10.9 Å². The number of alkyl halides is 2. The lowest BCUT2D eigenvalue weighted by atomic mass is 10.1. The van der Waals surface area contributed by atoms with Crippen LogP contribution in [-0.4, -0.2) is 22.3 Å². The minimum atomic E-state index is -2.98. The average Bonchev–Trinajstić information content (AvgIpc) is 3.42. The Bertz CT molecular complexity index is 1000. The van der Waals surface area contributed by atoms with Gasteiger partial charge in [-0.05, 0) is 54.7 Å². The van der Waals surface area contributed by atoms with Crippen LogP contribution in [0.15, 0.2) is 42.6 Å². The molecule has 140 valence electrons. The second-order valence-corrected chi connectivity index (χ2v) is 6.83. The van der Waals surface area contributed by atoms with Crippen LogP contribution in [0.4, 0.5) is 8.78 Å². The van der Waals surface area contributed by atoms with Crippen LogP contribution in [0.3, 0.4) is 0 Å². The Morgan fingerprint density at radius 1 is 1.30 bits per heavy atom. The zero-order valence-corrected chi connectivity index (χ0v) is 14.9. The Kier molecular flexibility index (Phi) is 4.70. The van der Waals surface area contributed by atoms with Gasteiger partial charge in [0, 0.05) is 10.9 Å². The number of nitrogens with one attached hydrogen (secondary N) is 1. The van der Waals surface area contributed by atoms with Gasteiger partial charge in [0.1, 0.15) is 12.4 Å². The van der Waals surface area contributed by atoms with E-state index in [0.29, 0.717) is 5.92 Å². The molecule has 1 aliphatic carbocycles. The third kappa shape index (κ3) is 3.88. The number of rotatable bonds is 6. The van der Waals surface area contributed by atoms with Crippen LogP contribution in [0.5, 0.6) is 5.75 Å². The summed E-state index contributed by atoms with van der Waals surface area (Å²) < 4.78 is 30.5. The lowest BCUT2D eigenvalue weighted by molar-refractivity contribution is -0.0497. The highest BCUT2D eigenvalue weighted by atomic mass is 35.5. The van der Waals surface area contributed by atoms with Crippen LogP contribution in [0.2, 0.25) is 5.02 Å². The van der Waals surface area contributed by atoms with Gasteiger partial charge in [0.2, 0.25) is 0 Å². The van der Waals surface area contributed by atoms with Crippen LogP contribution < -0.4 is 10.1 Å². The Balaban J connectivity index is 1.44. The minimum Gasteiger partial charge on any atom is -0.433 e. The largest absolute Gasteiger partial charge is 0.433 e. The first-order chi connectivity index (χ1) is 13.0. The number of benzene rings is 2. The number of fused-ring (bicyclic) bond motifs is 1. The second kappa shape index (κ2) is 7.15. The average molecular weight is 392 g/mol. The van der Waals surface area contributed by atoms with Crippen LogP contribution in [0, 0.1) is 0 Å². The molecule has 3 aromatic rings. The Morgan fingerprint density at radius 3 is 2.81 bits per heavy atom. The molecule has 1 aliphatic rings. The van der Waals surface area contributed by atoms with Crippen molar-refractivity contribution in [3.63, 3.8) is 0 Å². The fourth-order valence-electron chi connectivity index (χ4n) is 2.98. The molecule has 1 fully saturated rings. The van der Waals surface area contributed by atoms with E-state index in [1.165, 1.54) is 36.6 Å². The SMILES string of the molecule is O=C(NCn1ncc2cc(C3CC3)ccc21)c1ccc(OC(F)F)c(Cl)c1. The van der Waals surface area contributed by atoms with Crippen molar-refractivity contribution >= 4 is 28.4 Å². The first-order valence-electron chi connectivity index (χ1n) is 8.49. The van der Waals surface area contributed by atoms with Crippen LogP contribution >= 0.6 is 11.6 Å². The third-order valence-electron chi connectivity index (χ3n) is 4.51. The molecule has 0 spiro atoms. The summed E-state index contributed by atoms with van der Waals surface area (Å²) >= 11 is 5.88. The smallest absolute Gasteiger partial charge is 0.387 e. The van der Waals surface area contributed by atoms with E-state index in [1.54, 1.807) is 10.9 Å². The molecule has 4 rings (SSSR count). The highest BCUT2D eigenvalue weighted by molar-refractivity contribution is 6.32. The molecule has 0 bridgehead atoms. The van der Waals surface area contributed by atoms with Crippen molar-refractivity contribution in [1.29, 1.82) is 0 Å². The summed E-state index contributed by atoms with van der Waals surface area (Å²) in [6, 6.07) is 10.2. The topological polar surface area (TPSA) is 56.2 Å². The Labute approximate surface area is 158 Å². The van der Waals surface area contributed by atoms with Gasteiger partial charge in [0.25, 0.3) is 5.91 Å². The summed E-state index contributed by atoms with van der Waals surface area (Å²) in [7, 11) is 0. The predicted molar refractivity (Wildman–Crippen MR) is 97.3 cm³/mol. The summed E-state index contributed by atoms with van der Waals surface area (Å²) in [5.74, 6) is 0.103. The van der Waals surface area contributed by atoms with Gasteiger partial charge in [-0.15, -0.1) is 0 Å². The molecule has 0 unspecified atom stereocenters. The van der Waals surface area contributed by atoms with Crippen LogP contribution in [0.1, 0.15) is 34.7 Å². The van der Waals surface area contributed by atoms with Crippen LogP contribution in [-0.2, 0) is 6.67 Å². The number of amides is 1. The number of halogens is 3. The molecule has 0 atom stereocenters. The molecule has 1 amide bonds. The van der Waals surface area contributed by atoms with Gasteiger partial charge in [-0.1, -0.05) is 17.7 Å². The van der Waals surface area contributed by atoms with Gasteiger partial charge in [0.15, 0.2) is 0 Å². The van der Waals surface area contributed by atoms with Crippen molar-refractivity contribution in [3.8, 4) is 5.75 Å². The molecule has 5 nitrogen and oxygen atoms in total. The fourth-order valence-corrected chi connectivity index (χ4v) is 3.21. The molecule has 8 heteroatoms. The zero-order chi connectivity index (χ0) is 19.0. The summed E-state index contributed by atoms with van der Waals surface area (Å²) in [6.45, 7) is -2.80. The maximum atomic E-state index is 12.3. The van der Waals surface area contributed by atoms with E-state index >= 15 is 0 Å². The van der Waals surface area contributed by atoms with Crippen molar-refractivity contribution in [3.05, 3.63) is 58.7 Å². The molecule has 2 aromatic carbocycles. The molecule has 27 heavy (non-hydrogen) atoms. The number of aromatic nitrogens is 2. The molecule has 0 radical (unpaired) electrons. The normalized spacial score (nSPS) is 13.9. The lowest BCUT2D eigenvalue weighted by Crippen LogP contribution is -2.26. The number of hydrogen-bond acceptors (Lipinski definition) is 3. The minimum absolute atomic E-state index is 0.0555. The summed E-state index contributed by atoms with van der Waals surface area (Å²) in [5, 5.41) is 8.04. The number of carbonyl (C=O) groups is 1. The number of nitrogens with zero attached hydrogens (tertiary/aromatic N) is 2. The molecule has 1 heterocycles. The van der Waals surface area contributed by atoms with Gasteiger partial charge >= 0.3 is 6.61 Å². The quantitative estimate of drug-likeness (QED) is 0.670. The molecule has 1 N–H and O–H groups in total. The molecule has 0 saturated heterocycles. The second-order valence-electron chi connectivity index (χ2n) is 6.42. The van der Waals surface area contributed by atoms with Gasteiger partial charge in [-0.3, -0.25) is 4.79 Å². The standard InChI is InChI=1S/C19H16ClF2N3O2/c20-15-8-13(4-6-17(15)27-19(21)22)18(26)23-10-25-16-5-3-12(11-1-2-11)7-14(16)9-24-25/h3-9,11,19H,1-2,10H2,(H,23,26). The first-order valence-corrected chi connectivity index (χ1v) is 8.87. The highest BCUT2D eigenvalue weighted by Crippen LogP contribution is 2.40. The van der Waals surface area contributed by atoms with Crippen LogP contribution in [0.25, 0.3) is 10.9 Å². The Hall–Kier alpha value is -2.67. The number of carbonyl (C=O) groups excluding carboxylic acids is 1. The van der Waals surface area contributed by atoms with Crippen molar-refractivity contribution in [1.82, 2.24) is 15.1 Å². The summed E-state index contributed by atoms with van der Waals surface area (Å²) in [5.41, 5.74) is 2.50. The molecule has 1 saturated carbocycles. The van der Waals surface area contributed by atoms with Gasteiger partial charge < -0.3 is 10.1 Å². The van der Waals surface area contributed by atoms with Gasteiger partial charge in [-0.2, -0.15) is 13.9 Å². The zero-order valence-electron chi connectivity index (χ0n) is 14.2. The van der Waals surface area contributed by atoms with Crippen molar-refractivity contribution in [2.75, 3.05) is 0 Å². The summed E-state index contributed by atoms with van der Waals surface area (Å²) in [4.78, 5) is 12.3. The van der Waals surface area contributed by atoms with Gasteiger partial charge in [0.05, 0.1) is 16.7 Å². The van der Waals surface area contributed by atoms with E-state index in [2.05, 4.69) is 27.3 Å². The number of ether oxygens (including phenoxy) is 1. The molecular formula is C19H16ClF2N3O2.